The summed E-state index contributed by atoms with van der Waals surface area (Å²) in [6.45, 7) is 3.89. The molecule has 2 N–H and O–H groups in total. The quantitative estimate of drug-likeness (QED) is 0.725. The summed E-state index contributed by atoms with van der Waals surface area (Å²) in [6, 6.07) is 5.83. The highest BCUT2D eigenvalue weighted by Gasteiger charge is 2.10. The Hall–Kier alpha value is -1.06. The summed E-state index contributed by atoms with van der Waals surface area (Å²) in [7, 11) is 1.65. The number of benzene rings is 1. The first-order valence-corrected chi connectivity index (χ1v) is 4.19. The van der Waals surface area contributed by atoms with Crippen LogP contribution in [0.4, 0.5) is 0 Å². The van der Waals surface area contributed by atoms with E-state index in [-0.39, 0.29) is 6.10 Å². The van der Waals surface area contributed by atoms with Gasteiger partial charge < -0.3 is 4.74 Å². The van der Waals surface area contributed by atoms with Crippen LogP contribution in [0.1, 0.15) is 24.2 Å². The van der Waals surface area contributed by atoms with Crippen molar-refractivity contribution in [1.82, 2.24) is 0 Å². The Morgan fingerprint density at radius 3 is 2.62 bits per heavy atom. The summed E-state index contributed by atoms with van der Waals surface area (Å²) in [5.74, 6) is 5.99. The topological polar surface area (TPSA) is 44.5 Å². The van der Waals surface area contributed by atoms with Crippen molar-refractivity contribution in [3.63, 3.8) is 0 Å². The third kappa shape index (κ3) is 1.99. The highest BCUT2D eigenvalue weighted by atomic mass is 16.6. The number of hydrogen-bond acceptors (Lipinski definition) is 3. The first kappa shape index (κ1) is 10.0. The van der Waals surface area contributed by atoms with Crippen LogP contribution in [0.15, 0.2) is 18.2 Å². The van der Waals surface area contributed by atoms with Gasteiger partial charge in [0.1, 0.15) is 11.9 Å². The lowest BCUT2D eigenvalue weighted by molar-refractivity contribution is 0.0658. The molecule has 1 rings (SSSR count). The molecule has 0 radical (unpaired) electrons. The van der Waals surface area contributed by atoms with E-state index in [9.17, 15) is 0 Å². The lowest BCUT2D eigenvalue weighted by Gasteiger charge is -2.14. The van der Waals surface area contributed by atoms with Gasteiger partial charge in [-0.2, -0.15) is 0 Å². The number of ether oxygens (including phenoxy) is 1. The molecule has 0 saturated carbocycles. The molecule has 3 nitrogen and oxygen atoms in total. The monoisotopic (exact) mass is 181 g/mol. The fourth-order valence-corrected chi connectivity index (χ4v) is 1.37. The van der Waals surface area contributed by atoms with Gasteiger partial charge in [0, 0.05) is 0 Å². The Balaban J connectivity index is 3.08. The first-order valence-electron chi connectivity index (χ1n) is 4.19. The number of methoxy groups -OCH3 is 1. The van der Waals surface area contributed by atoms with E-state index in [0.717, 1.165) is 16.9 Å². The fraction of sp³-hybridized carbons (Fsp3) is 0.400. The molecule has 0 heterocycles. The molecule has 0 saturated heterocycles. The van der Waals surface area contributed by atoms with Crippen LogP contribution in [0, 0.1) is 6.92 Å². The van der Waals surface area contributed by atoms with E-state index >= 15 is 0 Å². The maximum absolute atomic E-state index is 5.18. The Kier molecular flexibility index (Phi) is 3.28. The molecule has 0 spiro atoms. The van der Waals surface area contributed by atoms with Crippen LogP contribution >= 0.6 is 0 Å². The number of nitrogens with two attached hydrogens (primary N) is 1. The van der Waals surface area contributed by atoms with Crippen LogP contribution in [0.2, 0.25) is 0 Å². The highest BCUT2D eigenvalue weighted by Crippen LogP contribution is 2.26. The molecular formula is C10H15NO2. The van der Waals surface area contributed by atoms with E-state index < -0.39 is 0 Å². The molecule has 1 aromatic carbocycles. The van der Waals surface area contributed by atoms with Crippen molar-refractivity contribution in [2.24, 2.45) is 5.90 Å². The molecule has 0 aliphatic carbocycles. The molecule has 3 heteroatoms. The first-order chi connectivity index (χ1) is 6.20. The Morgan fingerprint density at radius 2 is 2.08 bits per heavy atom. The van der Waals surface area contributed by atoms with Gasteiger partial charge >= 0.3 is 0 Å². The van der Waals surface area contributed by atoms with Crippen molar-refractivity contribution >= 4 is 0 Å². The lowest BCUT2D eigenvalue weighted by atomic mass is 10.0. The third-order valence-corrected chi connectivity index (χ3v) is 2.19. The molecule has 1 atom stereocenters. The van der Waals surface area contributed by atoms with E-state index in [1.54, 1.807) is 7.11 Å². The van der Waals surface area contributed by atoms with Crippen LogP contribution in [-0.2, 0) is 4.84 Å². The minimum atomic E-state index is -0.102. The van der Waals surface area contributed by atoms with Gasteiger partial charge in [-0.1, -0.05) is 12.1 Å². The summed E-state index contributed by atoms with van der Waals surface area (Å²) in [5, 5.41) is 0. The van der Waals surface area contributed by atoms with Gasteiger partial charge in [0.15, 0.2) is 0 Å². The van der Waals surface area contributed by atoms with E-state index in [0.29, 0.717) is 0 Å². The summed E-state index contributed by atoms with van der Waals surface area (Å²) >= 11 is 0. The largest absolute Gasteiger partial charge is 0.496 e. The van der Waals surface area contributed by atoms with Crippen molar-refractivity contribution in [2.75, 3.05) is 7.11 Å². The second-order valence-corrected chi connectivity index (χ2v) is 2.95. The van der Waals surface area contributed by atoms with Crippen molar-refractivity contribution < 1.29 is 9.57 Å². The molecule has 0 bridgehead atoms. The molecule has 1 unspecified atom stereocenters. The summed E-state index contributed by atoms with van der Waals surface area (Å²) in [5.41, 5.74) is 2.13. The third-order valence-electron chi connectivity index (χ3n) is 2.19. The van der Waals surface area contributed by atoms with Crippen molar-refractivity contribution in [2.45, 2.75) is 20.0 Å². The Labute approximate surface area is 78.4 Å². The number of hydrogen-bond donors (Lipinski definition) is 1. The zero-order valence-electron chi connectivity index (χ0n) is 8.20. The van der Waals surface area contributed by atoms with Crippen molar-refractivity contribution in [1.29, 1.82) is 0 Å². The van der Waals surface area contributed by atoms with Crippen molar-refractivity contribution in [3.05, 3.63) is 29.3 Å². The molecule has 13 heavy (non-hydrogen) atoms. The smallest absolute Gasteiger partial charge is 0.122 e. The molecule has 0 amide bonds. The predicted molar refractivity (Wildman–Crippen MR) is 51.4 cm³/mol. The summed E-state index contributed by atoms with van der Waals surface area (Å²) < 4.78 is 5.18. The highest BCUT2D eigenvalue weighted by molar-refractivity contribution is 5.40. The molecular weight excluding hydrogens is 166 g/mol. The average molecular weight is 181 g/mol. The van der Waals surface area contributed by atoms with Gasteiger partial charge in [-0.15, -0.1) is 0 Å². The molecule has 72 valence electrons. The van der Waals surface area contributed by atoms with Crippen LogP contribution in [-0.4, -0.2) is 7.11 Å². The van der Waals surface area contributed by atoms with E-state index in [2.05, 4.69) is 0 Å². The van der Waals surface area contributed by atoms with Gasteiger partial charge in [-0.05, 0) is 31.0 Å². The van der Waals surface area contributed by atoms with E-state index in [1.165, 1.54) is 0 Å². The van der Waals surface area contributed by atoms with E-state index in [4.69, 9.17) is 15.5 Å². The minimum absolute atomic E-state index is 0.102. The summed E-state index contributed by atoms with van der Waals surface area (Å²) in [4.78, 5) is 4.76. The minimum Gasteiger partial charge on any atom is -0.496 e. The average Bonchev–Trinajstić information content (AvgIpc) is 2.17. The zero-order valence-corrected chi connectivity index (χ0v) is 8.20. The second-order valence-electron chi connectivity index (χ2n) is 2.95. The van der Waals surface area contributed by atoms with Crippen molar-refractivity contribution in [3.8, 4) is 5.75 Å². The van der Waals surface area contributed by atoms with Gasteiger partial charge in [-0.25, -0.2) is 5.90 Å². The molecule has 0 aliphatic rings. The van der Waals surface area contributed by atoms with Gasteiger partial charge in [0.2, 0.25) is 0 Å². The maximum atomic E-state index is 5.18. The maximum Gasteiger partial charge on any atom is 0.122 e. The zero-order chi connectivity index (χ0) is 9.84. The molecule has 1 aromatic rings. The predicted octanol–water partition coefficient (Wildman–Crippen LogP) is 1.95. The van der Waals surface area contributed by atoms with Crippen LogP contribution in [0.3, 0.4) is 0 Å². The van der Waals surface area contributed by atoms with Crippen LogP contribution in [0.25, 0.3) is 0 Å². The SMILES string of the molecule is COc1cccc(C(C)ON)c1C. The molecule has 0 aromatic heterocycles. The van der Waals surface area contributed by atoms with E-state index in [1.807, 2.05) is 32.0 Å². The second kappa shape index (κ2) is 4.25. The normalized spacial score (nSPS) is 12.6. The van der Waals surface area contributed by atoms with Crippen LogP contribution < -0.4 is 10.6 Å². The summed E-state index contributed by atoms with van der Waals surface area (Å²) in [6.07, 6.45) is -0.102. The Bertz CT molecular complexity index is 286. The molecule has 0 fully saturated rings. The van der Waals surface area contributed by atoms with Crippen LogP contribution in [0.5, 0.6) is 5.75 Å². The lowest BCUT2D eigenvalue weighted by Crippen LogP contribution is -2.07. The molecule has 0 aliphatic heterocycles. The van der Waals surface area contributed by atoms with Gasteiger partial charge in [0.05, 0.1) is 7.11 Å². The fourth-order valence-electron chi connectivity index (χ4n) is 1.37. The Morgan fingerprint density at radius 1 is 1.38 bits per heavy atom. The van der Waals surface area contributed by atoms with Gasteiger partial charge in [0.25, 0.3) is 0 Å². The van der Waals surface area contributed by atoms with Gasteiger partial charge in [-0.3, -0.25) is 4.84 Å². The number of rotatable bonds is 3. The standard InChI is InChI=1S/C10H15NO2/c1-7-9(8(2)13-11)5-4-6-10(7)12-3/h4-6,8H,11H2,1-3H3.